The lowest BCUT2D eigenvalue weighted by Gasteiger charge is -2.31. The van der Waals surface area contributed by atoms with Crippen LogP contribution in [-0.4, -0.2) is 33.0 Å². The van der Waals surface area contributed by atoms with Gasteiger partial charge >= 0.3 is 5.69 Å². The minimum absolute atomic E-state index is 0.0250. The summed E-state index contributed by atoms with van der Waals surface area (Å²) in [7, 11) is 0. The first-order chi connectivity index (χ1) is 12.4. The van der Waals surface area contributed by atoms with E-state index in [2.05, 4.69) is 6.92 Å². The zero-order valence-corrected chi connectivity index (χ0v) is 15.8. The van der Waals surface area contributed by atoms with E-state index >= 15 is 0 Å². The predicted molar refractivity (Wildman–Crippen MR) is 102 cm³/mol. The van der Waals surface area contributed by atoms with Crippen LogP contribution in [0.4, 0.5) is 0 Å². The lowest BCUT2D eigenvalue weighted by Crippen LogP contribution is -2.46. The number of benzene rings is 1. The van der Waals surface area contributed by atoms with Gasteiger partial charge in [-0.1, -0.05) is 26.0 Å². The number of carbonyl (C=O) groups is 1. The summed E-state index contributed by atoms with van der Waals surface area (Å²) in [5, 5.41) is 0.479. The fraction of sp³-hybridized carbons (Fsp3) is 0.550. The van der Waals surface area contributed by atoms with E-state index in [1.807, 2.05) is 18.7 Å². The summed E-state index contributed by atoms with van der Waals surface area (Å²) in [5.41, 5.74) is -0.155. The Morgan fingerprint density at radius 2 is 2.00 bits per heavy atom. The van der Waals surface area contributed by atoms with Gasteiger partial charge in [0.25, 0.3) is 5.56 Å². The Labute approximate surface area is 153 Å². The molecule has 0 spiro atoms. The SMILES string of the molecule is CCC(C)n1c(=O)c2ccccc2n(CC(=O)N2CCCC(C)C2)c1=O. The van der Waals surface area contributed by atoms with Gasteiger partial charge in [0.15, 0.2) is 0 Å². The van der Waals surface area contributed by atoms with E-state index in [9.17, 15) is 14.4 Å². The average Bonchev–Trinajstić information content (AvgIpc) is 2.64. The van der Waals surface area contributed by atoms with Crippen molar-refractivity contribution in [2.24, 2.45) is 5.92 Å². The second-order valence-corrected chi connectivity index (χ2v) is 7.41. The molecule has 1 aromatic carbocycles. The summed E-state index contributed by atoms with van der Waals surface area (Å²) in [6.07, 6.45) is 2.80. The van der Waals surface area contributed by atoms with Gasteiger partial charge in [-0.2, -0.15) is 0 Å². The molecule has 0 bridgehead atoms. The van der Waals surface area contributed by atoms with Crippen molar-refractivity contribution in [2.75, 3.05) is 13.1 Å². The van der Waals surface area contributed by atoms with Crippen molar-refractivity contribution in [1.29, 1.82) is 0 Å². The number of hydrogen-bond acceptors (Lipinski definition) is 3. The van der Waals surface area contributed by atoms with Crippen LogP contribution in [0.5, 0.6) is 0 Å². The molecular weight excluding hydrogens is 330 g/mol. The Kier molecular flexibility index (Phi) is 5.30. The van der Waals surface area contributed by atoms with Gasteiger partial charge in [-0.25, -0.2) is 4.79 Å². The molecule has 140 valence electrons. The van der Waals surface area contributed by atoms with E-state index in [1.54, 1.807) is 24.3 Å². The fourth-order valence-electron chi connectivity index (χ4n) is 3.71. The van der Waals surface area contributed by atoms with Crippen molar-refractivity contribution in [1.82, 2.24) is 14.0 Å². The van der Waals surface area contributed by atoms with Crippen molar-refractivity contribution in [3.8, 4) is 0 Å². The molecule has 2 heterocycles. The minimum Gasteiger partial charge on any atom is -0.341 e. The van der Waals surface area contributed by atoms with E-state index < -0.39 is 5.69 Å². The predicted octanol–water partition coefficient (Wildman–Crippen LogP) is 2.39. The Morgan fingerprint density at radius 3 is 2.69 bits per heavy atom. The molecule has 6 heteroatoms. The molecule has 2 unspecified atom stereocenters. The molecule has 26 heavy (non-hydrogen) atoms. The van der Waals surface area contributed by atoms with Crippen LogP contribution in [-0.2, 0) is 11.3 Å². The number of para-hydroxylation sites is 1. The smallest absolute Gasteiger partial charge is 0.332 e. The second kappa shape index (κ2) is 7.48. The highest BCUT2D eigenvalue weighted by molar-refractivity contribution is 5.81. The van der Waals surface area contributed by atoms with Crippen molar-refractivity contribution < 1.29 is 4.79 Å². The van der Waals surface area contributed by atoms with Crippen molar-refractivity contribution in [3.63, 3.8) is 0 Å². The number of carbonyl (C=O) groups excluding carboxylic acids is 1. The number of likely N-dealkylation sites (tertiary alicyclic amines) is 1. The molecule has 3 rings (SSSR count). The van der Waals surface area contributed by atoms with Gasteiger partial charge in [0.05, 0.1) is 10.9 Å². The maximum atomic E-state index is 13.0. The Balaban J connectivity index is 2.08. The molecule has 1 aromatic heterocycles. The average molecular weight is 357 g/mol. The van der Waals surface area contributed by atoms with Crippen molar-refractivity contribution in [2.45, 2.75) is 52.6 Å². The summed E-state index contributed by atoms with van der Waals surface area (Å²) in [5.74, 6) is 0.424. The van der Waals surface area contributed by atoms with Gasteiger partial charge < -0.3 is 4.90 Å². The second-order valence-electron chi connectivity index (χ2n) is 7.41. The highest BCUT2D eigenvalue weighted by Crippen LogP contribution is 2.16. The van der Waals surface area contributed by atoms with Crippen LogP contribution in [0.25, 0.3) is 10.9 Å². The van der Waals surface area contributed by atoms with E-state index in [0.717, 1.165) is 25.9 Å². The van der Waals surface area contributed by atoms with Gasteiger partial charge in [0.1, 0.15) is 6.54 Å². The van der Waals surface area contributed by atoms with Gasteiger partial charge in [-0.3, -0.25) is 18.7 Å². The first-order valence-corrected chi connectivity index (χ1v) is 9.45. The molecule has 6 nitrogen and oxygen atoms in total. The van der Waals surface area contributed by atoms with Crippen molar-refractivity contribution >= 4 is 16.8 Å². The van der Waals surface area contributed by atoms with Crippen LogP contribution in [0.15, 0.2) is 33.9 Å². The molecule has 2 atom stereocenters. The zero-order valence-electron chi connectivity index (χ0n) is 15.8. The van der Waals surface area contributed by atoms with Gasteiger partial charge in [-0.15, -0.1) is 0 Å². The quantitative estimate of drug-likeness (QED) is 0.844. The number of amides is 1. The third-order valence-electron chi connectivity index (χ3n) is 5.42. The lowest BCUT2D eigenvalue weighted by atomic mass is 10.0. The van der Waals surface area contributed by atoms with E-state index in [4.69, 9.17) is 0 Å². The Morgan fingerprint density at radius 1 is 1.27 bits per heavy atom. The number of fused-ring (bicyclic) bond motifs is 1. The molecule has 1 fully saturated rings. The molecule has 0 N–H and O–H groups in total. The third-order valence-corrected chi connectivity index (χ3v) is 5.42. The highest BCUT2D eigenvalue weighted by atomic mass is 16.2. The van der Waals surface area contributed by atoms with Crippen LogP contribution < -0.4 is 11.2 Å². The normalized spacial score (nSPS) is 18.9. The Hall–Kier alpha value is -2.37. The Bertz CT molecular complexity index is 928. The number of piperidine rings is 1. The fourth-order valence-corrected chi connectivity index (χ4v) is 3.71. The van der Waals surface area contributed by atoms with E-state index in [-0.39, 0.29) is 24.1 Å². The summed E-state index contributed by atoms with van der Waals surface area (Å²) in [4.78, 5) is 40.5. The van der Waals surface area contributed by atoms with Gasteiger partial charge in [0.2, 0.25) is 5.91 Å². The van der Waals surface area contributed by atoms with Crippen LogP contribution in [0.1, 0.15) is 46.1 Å². The molecule has 1 aliphatic heterocycles. The summed E-state index contributed by atoms with van der Waals surface area (Å²) >= 11 is 0. The first kappa shape index (κ1) is 18.4. The van der Waals surface area contributed by atoms with E-state index in [0.29, 0.717) is 23.2 Å². The van der Waals surface area contributed by atoms with Gasteiger partial charge in [0, 0.05) is 19.1 Å². The first-order valence-electron chi connectivity index (χ1n) is 9.45. The molecule has 0 aliphatic carbocycles. The minimum atomic E-state index is -0.401. The molecule has 0 radical (unpaired) electrons. The van der Waals surface area contributed by atoms with E-state index in [1.165, 1.54) is 9.13 Å². The molecular formula is C20H27N3O3. The van der Waals surface area contributed by atoms with Crippen LogP contribution in [0.2, 0.25) is 0 Å². The number of hydrogen-bond donors (Lipinski definition) is 0. The van der Waals surface area contributed by atoms with Crippen LogP contribution in [0, 0.1) is 5.92 Å². The molecule has 0 saturated carbocycles. The number of aromatic nitrogens is 2. The largest absolute Gasteiger partial charge is 0.341 e. The van der Waals surface area contributed by atoms with Crippen LogP contribution >= 0.6 is 0 Å². The molecule has 1 amide bonds. The third kappa shape index (κ3) is 3.32. The summed E-state index contributed by atoms with van der Waals surface area (Å²) < 4.78 is 2.75. The lowest BCUT2D eigenvalue weighted by molar-refractivity contribution is -0.133. The summed E-state index contributed by atoms with van der Waals surface area (Å²) in [6.45, 7) is 7.39. The molecule has 2 aromatic rings. The highest BCUT2D eigenvalue weighted by Gasteiger charge is 2.23. The summed E-state index contributed by atoms with van der Waals surface area (Å²) in [6, 6.07) is 6.83. The molecule has 1 aliphatic rings. The molecule has 1 saturated heterocycles. The van der Waals surface area contributed by atoms with Crippen LogP contribution in [0.3, 0.4) is 0 Å². The zero-order chi connectivity index (χ0) is 18.8. The monoisotopic (exact) mass is 357 g/mol. The number of rotatable bonds is 4. The maximum Gasteiger partial charge on any atom is 0.332 e. The van der Waals surface area contributed by atoms with Gasteiger partial charge in [-0.05, 0) is 44.2 Å². The topological polar surface area (TPSA) is 64.3 Å². The van der Waals surface area contributed by atoms with Crippen molar-refractivity contribution in [3.05, 3.63) is 45.1 Å². The standard InChI is InChI=1S/C20H27N3O3/c1-4-15(3)23-19(25)16-9-5-6-10-17(16)22(20(23)26)13-18(24)21-11-7-8-14(2)12-21/h5-6,9-10,14-15H,4,7-8,11-13H2,1-3H3. The maximum absolute atomic E-state index is 13.0. The number of nitrogens with zero attached hydrogens (tertiary/aromatic N) is 3.